The van der Waals surface area contributed by atoms with Gasteiger partial charge in [-0.25, -0.2) is 0 Å². The molecule has 0 aliphatic heterocycles. The highest BCUT2D eigenvalue weighted by Gasteiger charge is 2.46. The van der Waals surface area contributed by atoms with Gasteiger partial charge in [-0.15, -0.1) is 0 Å². The van der Waals surface area contributed by atoms with E-state index >= 15 is 0 Å². The van der Waals surface area contributed by atoms with E-state index in [0.29, 0.717) is 0 Å². The van der Waals surface area contributed by atoms with Crippen LogP contribution in [-0.2, 0) is 5.41 Å². The summed E-state index contributed by atoms with van der Waals surface area (Å²) in [6, 6.07) is 71.9. The molecule has 1 heterocycles. The first-order valence-corrected chi connectivity index (χ1v) is 17.5. The topological polar surface area (TPSA) is 16.4 Å². The first-order valence-electron chi connectivity index (χ1n) is 17.5. The fourth-order valence-electron chi connectivity index (χ4n) is 8.45. The molecule has 0 N–H and O–H groups in total. The Hall–Kier alpha value is -6.64. The van der Waals surface area contributed by atoms with E-state index in [9.17, 15) is 0 Å². The smallest absolute Gasteiger partial charge is 0.137 e. The normalized spacial score (nSPS) is 12.9. The lowest BCUT2D eigenvalue weighted by Gasteiger charge is -2.33. The molecule has 0 spiro atoms. The summed E-state index contributed by atoms with van der Waals surface area (Å²) in [6.45, 7) is 0. The van der Waals surface area contributed by atoms with Gasteiger partial charge in [0.25, 0.3) is 0 Å². The molecule has 1 aromatic heterocycles. The number of fused-ring (bicyclic) bond motifs is 6. The number of anilines is 3. The predicted octanol–water partition coefficient (Wildman–Crippen LogP) is 13.1. The third-order valence-corrected chi connectivity index (χ3v) is 10.6. The molecule has 0 bridgehead atoms. The van der Waals surface area contributed by atoms with Crippen LogP contribution >= 0.6 is 0 Å². The number of nitrogens with zero attached hydrogens (tertiary/aromatic N) is 1. The van der Waals surface area contributed by atoms with E-state index in [1.807, 2.05) is 0 Å². The fraction of sp³-hybridized carbons (Fsp3) is 0.0204. The molecule has 0 saturated heterocycles. The third-order valence-electron chi connectivity index (χ3n) is 10.6. The van der Waals surface area contributed by atoms with Gasteiger partial charge in [0.2, 0.25) is 0 Å². The van der Waals surface area contributed by atoms with Crippen LogP contribution in [0.4, 0.5) is 17.1 Å². The molecule has 2 heteroatoms. The van der Waals surface area contributed by atoms with Crippen LogP contribution in [0.1, 0.15) is 22.3 Å². The molecule has 1 aliphatic carbocycles. The summed E-state index contributed by atoms with van der Waals surface area (Å²) >= 11 is 0. The molecule has 8 aromatic carbocycles. The van der Waals surface area contributed by atoms with Crippen LogP contribution in [0.25, 0.3) is 44.2 Å². The Kier molecular flexibility index (Phi) is 6.75. The summed E-state index contributed by atoms with van der Waals surface area (Å²) in [7, 11) is 0. The van der Waals surface area contributed by atoms with Gasteiger partial charge >= 0.3 is 0 Å². The van der Waals surface area contributed by atoms with Gasteiger partial charge in [-0.2, -0.15) is 0 Å². The largest absolute Gasteiger partial charge is 0.456 e. The maximum absolute atomic E-state index is 6.86. The predicted molar refractivity (Wildman–Crippen MR) is 211 cm³/mol. The lowest BCUT2D eigenvalue weighted by molar-refractivity contribution is 0.665. The molecule has 0 saturated carbocycles. The second-order valence-corrected chi connectivity index (χ2v) is 13.2. The second-order valence-electron chi connectivity index (χ2n) is 13.2. The number of hydrogen-bond acceptors (Lipinski definition) is 2. The van der Waals surface area contributed by atoms with E-state index in [1.54, 1.807) is 0 Å². The maximum atomic E-state index is 6.86. The number of furan rings is 1. The van der Waals surface area contributed by atoms with E-state index in [1.165, 1.54) is 38.9 Å². The molecule has 0 amide bonds. The van der Waals surface area contributed by atoms with Gasteiger partial charge in [0.15, 0.2) is 0 Å². The Morgan fingerprint density at radius 3 is 1.67 bits per heavy atom. The van der Waals surface area contributed by atoms with Crippen molar-refractivity contribution in [2.45, 2.75) is 5.41 Å². The molecule has 0 unspecified atom stereocenters. The zero-order valence-electron chi connectivity index (χ0n) is 27.9. The van der Waals surface area contributed by atoms with Crippen molar-refractivity contribution in [1.82, 2.24) is 0 Å². The molecular weight excluding hydrogens is 619 g/mol. The minimum Gasteiger partial charge on any atom is -0.456 e. The summed E-state index contributed by atoms with van der Waals surface area (Å²) in [5.74, 6) is 0. The Balaban J connectivity index is 1.23. The van der Waals surface area contributed by atoms with Crippen molar-refractivity contribution in [1.29, 1.82) is 0 Å². The molecule has 10 rings (SSSR count). The van der Waals surface area contributed by atoms with Crippen LogP contribution < -0.4 is 4.90 Å². The number of hydrogen-bond donors (Lipinski definition) is 0. The average Bonchev–Trinajstić information content (AvgIpc) is 3.73. The van der Waals surface area contributed by atoms with Gasteiger partial charge in [-0.3, -0.25) is 0 Å². The second kappa shape index (κ2) is 11.8. The third kappa shape index (κ3) is 4.43. The van der Waals surface area contributed by atoms with E-state index < -0.39 is 5.41 Å². The molecule has 0 fully saturated rings. The fourth-order valence-corrected chi connectivity index (χ4v) is 8.45. The highest BCUT2D eigenvalue weighted by molar-refractivity contribution is 6.14. The summed E-state index contributed by atoms with van der Waals surface area (Å²) in [4.78, 5) is 2.38. The zero-order valence-corrected chi connectivity index (χ0v) is 27.9. The van der Waals surface area contributed by atoms with E-state index in [4.69, 9.17) is 4.42 Å². The molecule has 1 aliphatic rings. The summed E-state index contributed by atoms with van der Waals surface area (Å²) in [5, 5.41) is 2.18. The average molecular weight is 652 g/mol. The maximum Gasteiger partial charge on any atom is 0.137 e. The highest BCUT2D eigenvalue weighted by atomic mass is 16.3. The molecule has 51 heavy (non-hydrogen) atoms. The zero-order chi connectivity index (χ0) is 33.8. The van der Waals surface area contributed by atoms with Gasteiger partial charge in [-0.05, 0) is 75.3 Å². The Labute approximate surface area is 297 Å². The lowest BCUT2D eigenvalue weighted by Crippen LogP contribution is -2.28. The summed E-state index contributed by atoms with van der Waals surface area (Å²) in [5.41, 5.74) is 14.4. The first kappa shape index (κ1) is 29.3. The lowest BCUT2D eigenvalue weighted by atomic mass is 9.67. The number of rotatable bonds is 6. The monoisotopic (exact) mass is 651 g/mol. The molecule has 0 radical (unpaired) electrons. The molecule has 2 nitrogen and oxygen atoms in total. The van der Waals surface area contributed by atoms with Crippen molar-refractivity contribution in [3.05, 3.63) is 222 Å². The van der Waals surface area contributed by atoms with Gasteiger partial charge in [0, 0.05) is 16.6 Å². The van der Waals surface area contributed by atoms with Crippen LogP contribution in [0.3, 0.4) is 0 Å². The van der Waals surface area contributed by atoms with Crippen molar-refractivity contribution < 1.29 is 4.42 Å². The van der Waals surface area contributed by atoms with E-state index in [2.05, 4.69) is 205 Å². The van der Waals surface area contributed by atoms with E-state index in [0.717, 1.165) is 44.6 Å². The molecule has 240 valence electrons. The van der Waals surface area contributed by atoms with Crippen LogP contribution in [0, 0.1) is 0 Å². The Bertz CT molecular complexity index is 2650. The molecule has 0 atom stereocenters. The van der Waals surface area contributed by atoms with Crippen molar-refractivity contribution in [3.63, 3.8) is 0 Å². The SMILES string of the molecule is c1ccc(-c2ccccc2N(c2ccccc2)c2cccc3oc4cc(C5(c6ccccc6)c6ccccc6-c6ccccc65)ccc4c23)cc1. The number of benzene rings is 8. The van der Waals surface area contributed by atoms with Crippen molar-refractivity contribution in [3.8, 4) is 22.3 Å². The standard InChI is InChI=1S/C49H33NO/c1-4-17-34(18-5-1)38-23-12-15-28-44(38)50(37-21-8-3-9-22-37)45-29-16-30-46-48(45)41-32-31-36(33-47(41)51-46)49(35-19-6-2-7-20-35)42-26-13-10-24-39(42)40-25-11-14-27-43(40)49/h1-33H. The van der Waals surface area contributed by atoms with E-state index in [-0.39, 0.29) is 0 Å². The Morgan fingerprint density at radius 1 is 0.392 bits per heavy atom. The molecular formula is C49H33NO. The molecule has 9 aromatic rings. The van der Waals surface area contributed by atoms with Crippen LogP contribution in [0.15, 0.2) is 205 Å². The van der Waals surface area contributed by atoms with Crippen molar-refractivity contribution in [2.75, 3.05) is 4.90 Å². The van der Waals surface area contributed by atoms with Crippen LogP contribution in [-0.4, -0.2) is 0 Å². The van der Waals surface area contributed by atoms with Crippen molar-refractivity contribution in [2.24, 2.45) is 0 Å². The first-order chi connectivity index (χ1) is 25.3. The summed E-state index contributed by atoms with van der Waals surface area (Å²) in [6.07, 6.45) is 0. The quantitative estimate of drug-likeness (QED) is 0.178. The highest BCUT2D eigenvalue weighted by Crippen LogP contribution is 2.56. The number of para-hydroxylation sites is 2. The van der Waals surface area contributed by atoms with Gasteiger partial charge in [0.05, 0.1) is 22.2 Å². The van der Waals surface area contributed by atoms with Gasteiger partial charge in [0.1, 0.15) is 11.2 Å². The van der Waals surface area contributed by atoms with Crippen LogP contribution in [0.5, 0.6) is 0 Å². The Morgan fingerprint density at radius 2 is 0.961 bits per heavy atom. The van der Waals surface area contributed by atoms with Crippen LogP contribution in [0.2, 0.25) is 0 Å². The van der Waals surface area contributed by atoms with Gasteiger partial charge in [-0.1, -0.05) is 164 Å². The minimum absolute atomic E-state index is 0.491. The van der Waals surface area contributed by atoms with Gasteiger partial charge < -0.3 is 9.32 Å². The van der Waals surface area contributed by atoms with Crippen molar-refractivity contribution >= 4 is 39.0 Å². The minimum atomic E-state index is -0.491. The summed E-state index contributed by atoms with van der Waals surface area (Å²) < 4.78 is 6.86.